The molecule has 2 rings (SSSR count). The van der Waals surface area contributed by atoms with E-state index < -0.39 is 0 Å². The van der Waals surface area contributed by atoms with Crippen molar-refractivity contribution in [2.24, 2.45) is 5.10 Å². The van der Waals surface area contributed by atoms with Crippen molar-refractivity contribution in [2.45, 2.75) is 12.1 Å². The highest BCUT2D eigenvalue weighted by atomic mass is 79.9. The van der Waals surface area contributed by atoms with Gasteiger partial charge in [-0.05, 0) is 31.4 Å². The van der Waals surface area contributed by atoms with Crippen LogP contribution in [0, 0.1) is 6.92 Å². The molecule has 0 radical (unpaired) electrons. The number of aryl methyl sites for hydroxylation is 1. The predicted octanol–water partition coefficient (Wildman–Crippen LogP) is 2.66. The fourth-order valence-corrected chi connectivity index (χ4v) is 2.20. The van der Waals surface area contributed by atoms with Gasteiger partial charge in [0.25, 0.3) is 0 Å². The molecule has 1 aromatic carbocycles. The number of aromatic hydroxyl groups is 1. The maximum absolute atomic E-state index is 9.70. The van der Waals surface area contributed by atoms with Gasteiger partial charge in [-0.1, -0.05) is 27.7 Å². The Bertz CT molecular complexity index is 597. The molecule has 0 aliphatic carbocycles. The molecule has 0 aliphatic rings. The third-order valence-electron chi connectivity index (χ3n) is 2.25. The van der Waals surface area contributed by atoms with Crippen LogP contribution < -0.4 is 0 Å². The lowest BCUT2D eigenvalue weighted by Gasteiger charge is -2.01. The molecule has 0 amide bonds. The van der Waals surface area contributed by atoms with E-state index in [1.165, 1.54) is 11.8 Å². The van der Waals surface area contributed by atoms with Crippen molar-refractivity contribution in [3.05, 3.63) is 34.1 Å². The summed E-state index contributed by atoms with van der Waals surface area (Å²) in [5.74, 6) is 0.878. The Balaban J connectivity index is 2.35. The van der Waals surface area contributed by atoms with E-state index in [4.69, 9.17) is 0 Å². The lowest BCUT2D eigenvalue weighted by molar-refractivity contribution is 0.474. The van der Waals surface area contributed by atoms with Gasteiger partial charge < -0.3 is 5.11 Å². The maximum atomic E-state index is 9.70. The van der Waals surface area contributed by atoms with Crippen molar-refractivity contribution in [2.75, 3.05) is 6.26 Å². The highest BCUT2D eigenvalue weighted by Crippen LogP contribution is 2.20. The number of thioether (sulfide) groups is 1. The van der Waals surface area contributed by atoms with Gasteiger partial charge in [-0.25, -0.2) is 0 Å². The molecule has 0 saturated heterocycles. The molecule has 0 fully saturated rings. The fourth-order valence-electron chi connectivity index (χ4n) is 1.35. The Labute approximate surface area is 117 Å². The SMILES string of the molecule is CSc1nnc(C)n1/N=C\c1cc(Br)ccc1O. The first kappa shape index (κ1) is 13.1. The van der Waals surface area contributed by atoms with E-state index in [0.29, 0.717) is 16.5 Å². The molecule has 0 bridgehead atoms. The second-order valence-electron chi connectivity index (χ2n) is 3.49. The highest BCUT2D eigenvalue weighted by Gasteiger charge is 2.06. The topological polar surface area (TPSA) is 63.3 Å². The summed E-state index contributed by atoms with van der Waals surface area (Å²) in [7, 11) is 0. The van der Waals surface area contributed by atoms with Gasteiger partial charge in [-0.15, -0.1) is 10.2 Å². The molecule has 1 heterocycles. The Hall–Kier alpha value is -1.34. The van der Waals surface area contributed by atoms with Gasteiger partial charge in [0.05, 0.1) is 6.21 Å². The molecular weight excluding hydrogens is 316 g/mol. The van der Waals surface area contributed by atoms with E-state index in [1.54, 1.807) is 29.1 Å². The highest BCUT2D eigenvalue weighted by molar-refractivity contribution is 9.10. The van der Waals surface area contributed by atoms with Crippen molar-refractivity contribution in [3.63, 3.8) is 0 Å². The molecule has 7 heteroatoms. The number of halogens is 1. The summed E-state index contributed by atoms with van der Waals surface area (Å²) in [4.78, 5) is 0. The third-order valence-corrected chi connectivity index (χ3v) is 3.37. The molecule has 18 heavy (non-hydrogen) atoms. The molecule has 5 nitrogen and oxygen atoms in total. The van der Waals surface area contributed by atoms with Gasteiger partial charge >= 0.3 is 0 Å². The number of aromatic nitrogens is 3. The summed E-state index contributed by atoms with van der Waals surface area (Å²) in [5, 5.41) is 22.6. The van der Waals surface area contributed by atoms with Crippen LogP contribution >= 0.6 is 27.7 Å². The molecule has 94 valence electrons. The summed E-state index contributed by atoms with van der Waals surface area (Å²) in [6, 6.07) is 5.17. The van der Waals surface area contributed by atoms with Crippen LogP contribution in [0.25, 0.3) is 0 Å². The number of nitrogens with zero attached hydrogens (tertiary/aromatic N) is 4. The van der Waals surface area contributed by atoms with Crippen molar-refractivity contribution in [1.29, 1.82) is 0 Å². The maximum Gasteiger partial charge on any atom is 0.211 e. The smallest absolute Gasteiger partial charge is 0.211 e. The Kier molecular flexibility index (Phi) is 4.03. The number of hydrogen-bond acceptors (Lipinski definition) is 5. The largest absolute Gasteiger partial charge is 0.507 e. The zero-order valence-electron chi connectivity index (χ0n) is 9.83. The molecule has 0 aliphatic heterocycles. The molecule has 1 N–H and O–H groups in total. The van der Waals surface area contributed by atoms with Crippen molar-refractivity contribution >= 4 is 33.9 Å². The monoisotopic (exact) mass is 326 g/mol. The summed E-state index contributed by atoms with van der Waals surface area (Å²) in [6.45, 7) is 1.82. The molecule has 0 saturated carbocycles. The minimum absolute atomic E-state index is 0.179. The van der Waals surface area contributed by atoms with E-state index in [1.807, 2.05) is 13.2 Å². The van der Waals surface area contributed by atoms with Crippen LogP contribution in [-0.4, -0.2) is 32.5 Å². The normalized spacial score (nSPS) is 11.3. The van der Waals surface area contributed by atoms with Crippen LogP contribution in [0.2, 0.25) is 0 Å². The summed E-state index contributed by atoms with van der Waals surface area (Å²) < 4.78 is 2.51. The van der Waals surface area contributed by atoms with E-state index in [2.05, 4.69) is 31.2 Å². The molecular formula is C11H11BrN4OS. The van der Waals surface area contributed by atoms with Gasteiger partial charge in [-0.2, -0.15) is 9.78 Å². The fraction of sp³-hybridized carbons (Fsp3) is 0.182. The number of phenolic OH excluding ortho intramolecular Hbond substituents is 1. The molecule has 2 aromatic rings. The second-order valence-corrected chi connectivity index (χ2v) is 5.18. The Morgan fingerprint density at radius 2 is 2.22 bits per heavy atom. The number of phenols is 1. The lowest BCUT2D eigenvalue weighted by atomic mass is 10.2. The van der Waals surface area contributed by atoms with Gasteiger partial charge in [0.15, 0.2) is 5.82 Å². The molecule has 0 spiro atoms. The van der Waals surface area contributed by atoms with Crippen molar-refractivity contribution in [3.8, 4) is 5.75 Å². The zero-order valence-corrected chi connectivity index (χ0v) is 12.2. The van der Waals surface area contributed by atoms with Crippen LogP contribution in [0.5, 0.6) is 5.75 Å². The van der Waals surface area contributed by atoms with E-state index in [9.17, 15) is 5.11 Å². The summed E-state index contributed by atoms with van der Waals surface area (Å²) >= 11 is 4.81. The zero-order chi connectivity index (χ0) is 13.1. The number of benzene rings is 1. The molecule has 1 aromatic heterocycles. The molecule has 0 unspecified atom stereocenters. The number of rotatable bonds is 3. The third kappa shape index (κ3) is 2.73. The minimum atomic E-state index is 0.179. The van der Waals surface area contributed by atoms with Crippen molar-refractivity contribution in [1.82, 2.24) is 14.9 Å². The van der Waals surface area contributed by atoms with Crippen LogP contribution in [0.4, 0.5) is 0 Å². The average molecular weight is 327 g/mol. The standard InChI is InChI=1S/C11H11BrN4OS/c1-7-14-15-11(18-2)16(7)13-6-8-5-9(12)3-4-10(8)17/h3-6,17H,1-2H3/b13-6-. The second kappa shape index (κ2) is 5.53. The first-order chi connectivity index (χ1) is 8.61. The minimum Gasteiger partial charge on any atom is -0.507 e. The van der Waals surface area contributed by atoms with E-state index in [-0.39, 0.29) is 5.75 Å². The van der Waals surface area contributed by atoms with Gasteiger partial charge in [0.2, 0.25) is 5.16 Å². The van der Waals surface area contributed by atoms with Crippen LogP contribution in [0.1, 0.15) is 11.4 Å². The lowest BCUT2D eigenvalue weighted by Crippen LogP contribution is -1.95. The van der Waals surface area contributed by atoms with Crippen LogP contribution in [-0.2, 0) is 0 Å². The summed E-state index contributed by atoms with van der Waals surface area (Å²) in [5.41, 5.74) is 0.629. The quantitative estimate of drug-likeness (QED) is 0.695. The summed E-state index contributed by atoms with van der Waals surface area (Å²) in [6.07, 6.45) is 3.49. The van der Waals surface area contributed by atoms with Gasteiger partial charge in [0.1, 0.15) is 5.75 Å². The van der Waals surface area contributed by atoms with Crippen LogP contribution in [0.15, 0.2) is 32.9 Å². The van der Waals surface area contributed by atoms with Gasteiger partial charge in [0, 0.05) is 10.0 Å². The Morgan fingerprint density at radius 3 is 2.94 bits per heavy atom. The predicted molar refractivity (Wildman–Crippen MR) is 75.3 cm³/mol. The van der Waals surface area contributed by atoms with Gasteiger partial charge in [-0.3, -0.25) is 0 Å². The number of hydrogen-bond donors (Lipinski definition) is 1. The van der Waals surface area contributed by atoms with E-state index in [0.717, 1.165) is 4.47 Å². The van der Waals surface area contributed by atoms with Crippen molar-refractivity contribution < 1.29 is 5.11 Å². The van der Waals surface area contributed by atoms with E-state index >= 15 is 0 Å². The van der Waals surface area contributed by atoms with Crippen LogP contribution in [0.3, 0.4) is 0 Å². The first-order valence-corrected chi connectivity index (χ1v) is 7.12. The average Bonchev–Trinajstić information content (AvgIpc) is 2.71. The Morgan fingerprint density at radius 1 is 1.44 bits per heavy atom. The first-order valence-electron chi connectivity index (χ1n) is 5.10. The molecule has 0 atom stereocenters.